The van der Waals surface area contributed by atoms with Crippen LogP contribution in [0.2, 0.25) is 0 Å². The maximum absolute atomic E-state index is 12.6. The minimum atomic E-state index is -3.73. The van der Waals surface area contributed by atoms with Crippen molar-refractivity contribution in [2.45, 2.75) is 43.4 Å². The van der Waals surface area contributed by atoms with Gasteiger partial charge in [0.15, 0.2) is 0 Å². The third-order valence-electron chi connectivity index (χ3n) is 6.20. The summed E-state index contributed by atoms with van der Waals surface area (Å²) in [7, 11) is -3.73. The molecule has 37 heavy (non-hydrogen) atoms. The second kappa shape index (κ2) is 10.7. The van der Waals surface area contributed by atoms with E-state index >= 15 is 0 Å². The fourth-order valence-electron chi connectivity index (χ4n) is 3.97. The first-order valence-corrected chi connectivity index (χ1v) is 13.3. The lowest BCUT2D eigenvalue weighted by atomic mass is 9.99. The normalized spacial score (nSPS) is 12.9. The van der Waals surface area contributed by atoms with E-state index in [1.165, 1.54) is 18.2 Å². The molecule has 0 spiro atoms. The van der Waals surface area contributed by atoms with Crippen molar-refractivity contribution in [1.82, 2.24) is 14.9 Å². The molecule has 0 fully saturated rings. The van der Waals surface area contributed by atoms with Crippen LogP contribution >= 0.6 is 0 Å². The third kappa shape index (κ3) is 6.53. The minimum Gasteiger partial charge on any atom is -0.478 e. The molecular weight excluding hydrogens is 492 g/mol. The maximum atomic E-state index is 12.6. The van der Waals surface area contributed by atoms with Gasteiger partial charge < -0.3 is 20.1 Å². The number of benzene rings is 3. The molecule has 0 aliphatic carbocycles. The number of aromatic nitrogens is 2. The number of anilines is 1. The van der Waals surface area contributed by atoms with Crippen LogP contribution in [0, 0.1) is 0 Å². The number of imidazole rings is 1. The highest BCUT2D eigenvalue weighted by Crippen LogP contribution is 2.22. The zero-order chi connectivity index (χ0) is 26.6. The third-order valence-corrected chi connectivity index (χ3v) is 7.59. The van der Waals surface area contributed by atoms with Crippen LogP contribution in [0.3, 0.4) is 0 Å². The molecule has 10 heteroatoms. The monoisotopic (exact) mass is 522 g/mol. The van der Waals surface area contributed by atoms with E-state index in [1.807, 2.05) is 18.4 Å². The summed E-state index contributed by atoms with van der Waals surface area (Å²) in [5.74, 6) is -0.984. The fraction of sp³-hybridized carbons (Fsp3) is 0.259. The summed E-state index contributed by atoms with van der Waals surface area (Å²) in [6, 6.07) is 19.7. The lowest BCUT2D eigenvalue weighted by Gasteiger charge is -2.28. The van der Waals surface area contributed by atoms with Crippen molar-refractivity contribution in [3.05, 3.63) is 90.3 Å². The molecule has 194 valence electrons. The number of fused-ring (bicyclic) bond motifs is 1. The largest absolute Gasteiger partial charge is 0.478 e. The molecule has 4 rings (SSSR count). The molecule has 0 unspecified atom stereocenters. The van der Waals surface area contributed by atoms with E-state index < -0.39 is 22.1 Å². The summed E-state index contributed by atoms with van der Waals surface area (Å²) >= 11 is 0. The van der Waals surface area contributed by atoms with E-state index in [0.29, 0.717) is 24.2 Å². The van der Waals surface area contributed by atoms with Crippen LogP contribution in [0.4, 0.5) is 5.69 Å². The van der Waals surface area contributed by atoms with Crippen molar-refractivity contribution in [3.8, 4) is 0 Å². The predicted molar refractivity (Wildman–Crippen MR) is 142 cm³/mol. The molecule has 9 nitrogen and oxygen atoms in total. The molecule has 3 aromatic carbocycles. The zero-order valence-electron chi connectivity index (χ0n) is 20.6. The Kier molecular flexibility index (Phi) is 7.63. The molecule has 1 atom stereocenters. The first-order valence-electron chi connectivity index (χ1n) is 11.8. The van der Waals surface area contributed by atoms with Crippen molar-refractivity contribution in [3.63, 3.8) is 0 Å². The molecule has 0 bridgehead atoms. The second-order valence-electron chi connectivity index (χ2n) is 9.52. The highest BCUT2D eigenvalue weighted by Gasteiger charge is 2.21. The van der Waals surface area contributed by atoms with Gasteiger partial charge in [0.05, 0.1) is 33.9 Å². The molecule has 0 radical (unpaired) electrons. The first kappa shape index (κ1) is 26.3. The molecule has 0 saturated carbocycles. The Morgan fingerprint density at radius 3 is 2.54 bits per heavy atom. The van der Waals surface area contributed by atoms with E-state index in [9.17, 15) is 23.4 Å². The molecule has 0 amide bonds. The number of aliphatic hydroxyl groups excluding tert-OH is 1. The Hall–Kier alpha value is -3.73. The number of carbonyl (C=O) groups is 1. The number of carboxylic acids is 1. The average Bonchev–Trinajstić information content (AvgIpc) is 3.29. The van der Waals surface area contributed by atoms with Crippen LogP contribution in [0.1, 0.15) is 42.3 Å². The predicted octanol–water partition coefficient (Wildman–Crippen LogP) is 4.03. The van der Waals surface area contributed by atoms with Gasteiger partial charge in [0.2, 0.25) is 0 Å². The van der Waals surface area contributed by atoms with Crippen LogP contribution < -0.4 is 10.0 Å². The van der Waals surface area contributed by atoms with Gasteiger partial charge in [-0.1, -0.05) is 30.3 Å². The van der Waals surface area contributed by atoms with Gasteiger partial charge in [0.1, 0.15) is 0 Å². The number of hydrogen-bond acceptors (Lipinski definition) is 6. The number of nitrogens with zero attached hydrogens (tertiary/aromatic N) is 2. The Morgan fingerprint density at radius 1 is 1.05 bits per heavy atom. The van der Waals surface area contributed by atoms with Crippen molar-refractivity contribution >= 4 is 32.7 Å². The Morgan fingerprint density at radius 2 is 1.81 bits per heavy atom. The Balaban J connectivity index is 1.37. The van der Waals surface area contributed by atoms with Gasteiger partial charge in [-0.05, 0) is 68.3 Å². The smallest absolute Gasteiger partial charge is 0.335 e. The minimum absolute atomic E-state index is 0.161. The van der Waals surface area contributed by atoms with Gasteiger partial charge in [0, 0.05) is 24.3 Å². The topological polar surface area (TPSA) is 134 Å². The summed E-state index contributed by atoms with van der Waals surface area (Å²) in [5.41, 5.74) is 2.29. The van der Waals surface area contributed by atoms with Gasteiger partial charge in [-0.25, -0.2) is 18.2 Å². The number of β-amino-alcohol motifs (C(OH)–C–C–N with tert-alkyl or cyclic N) is 1. The Bertz CT molecular complexity index is 1500. The van der Waals surface area contributed by atoms with Crippen molar-refractivity contribution in [2.24, 2.45) is 0 Å². The SMILES string of the molecule is CC(C)(CCn1cnc2ccc(C(=O)O)cc21)NC[C@H](O)c1cccc(NS(=O)(=O)c2ccccc2)c1. The van der Waals surface area contributed by atoms with E-state index in [4.69, 9.17) is 0 Å². The molecule has 0 aliphatic heterocycles. The number of aromatic carboxylic acids is 1. The summed E-state index contributed by atoms with van der Waals surface area (Å²) in [6.07, 6.45) is 1.54. The van der Waals surface area contributed by atoms with Crippen LogP contribution in [-0.4, -0.2) is 46.2 Å². The fourth-order valence-corrected chi connectivity index (χ4v) is 5.04. The number of nitrogens with one attached hydrogen (secondary N) is 2. The van der Waals surface area contributed by atoms with E-state index in [0.717, 1.165) is 11.0 Å². The molecule has 0 saturated heterocycles. The Labute approximate surface area is 215 Å². The molecule has 4 N–H and O–H groups in total. The summed E-state index contributed by atoms with van der Waals surface area (Å²) in [4.78, 5) is 15.8. The average molecular weight is 523 g/mol. The molecule has 4 aromatic rings. The quantitative estimate of drug-likeness (QED) is 0.234. The summed E-state index contributed by atoms with van der Waals surface area (Å²) in [5, 5.41) is 23.4. The molecule has 0 aliphatic rings. The van der Waals surface area contributed by atoms with E-state index in [2.05, 4.69) is 15.0 Å². The van der Waals surface area contributed by atoms with Gasteiger partial charge in [-0.3, -0.25) is 4.72 Å². The van der Waals surface area contributed by atoms with Crippen molar-refractivity contribution in [1.29, 1.82) is 0 Å². The number of aliphatic hydroxyl groups is 1. The van der Waals surface area contributed by atoms with Gasteiger partial charge >= 0.3 is 5.97 Å². The van der Waals surface area contributed by atoms with Crippen LogP contribution in [0.5, 0.6) is 0 Å². The highest BCUT2D eigenvalue weighted by molar-refractivity contribution is 7.92. The van der Waals surface area contributed by atoms with Crippen molar-refractivity contribution in [2.75, 3.05) is 11.3 Å². The molecular formula is C27H30N4O5S. The van der Waals surface area contributed by atoms with Crippen molar-refractivity contribution < 1.29 is 23.4 Å². The zero-order valence-corrected chi connectivity index (χ0v) is 21.4. The van der Waals surface area contributed by atoms with E-state index in [1.54, 1.807) is 60.9 Å². The second-order valence-corrected chi connectivity index (χ2v) is 11.2. The number of hydrogen-bond donors (Lipinski definition) is 4. The number of sulfonamides is 1. The lowest BCUT2D eigenvalue weighted by Crippen LogP contribution is -2.42. The number of carboxylic acid groups (broad SMARTS) is 1. The summed E-state index contributed by atoms with van der Waals surface area (Å²) < 4.78 is 29.7. The maximum Gasteiger partial charge on any atom is 0.335 e. The number of rotatable bonds is 11. The standard InChI is InChI=1S/C27H30N4O5S/c1-27(2,13-14-31-18-28-23-12-11-20(26(33)34)16-24(23)31)29-17-25(32)19-7-6-8-21(15-19)30-37(35,36)22-9-4-3-5-10-22/h3-12,15-16,18,25,29-30,32H,13-14,17H2,1-2H3,(H,33,34)/t25-/m0/s1. The van der Waals surface area contributed by atoms with E-state index in [-0.39, 0.29) is 22.5 Å². The van der Waals surface area contributed by atoms with Crippen LogP contribution in [0.25, 0.3) is 11.0 Å². The summed E-state index contributed by atoms with van der Waals surface area (Å²) in [6.45, 7) is 4.90. The molecule has 1 aromatic heterocycles. The first-order chi connectivity index (χ1) is 17.5. The lowest BCUT2D eigenvalue weighted by molar-refractivity contribution is 0.0697. The molecule has 1 heterocycles. The van der Waals surface area contributed by atoms with Crippen LogP contribution in [-0.2, 0) is 16.6 Å². The number of aryl methyl sites for hydroxylation is 1. The van der Waals surface area contributed by atoms with Crippen LogP contribution in [0.15, 0.2) is 84.0 Å². The van der Waals surface area contributed by atoms with Gasteiger partial charge in [-0.2, -0.15) is 0 Å². The highest BCUT2D eigenvalue weighted by atomic mass is 32.2. The van der Waals surface area contributed by atoms with Gasteiger partial charge in [-0.15, -0.1) is 0 Å². The van der Waals surface area contributed by atoms with Gasteiger partial charge in [0.25, 0.3) is 10.0 Å².